The van der Waals surface area contributed by atoms with Crippen molar-refractivity contribution in [3.05, 3.63) is 23.6 Å². The standard InChI is InChI=1S/C16H24FN3/c1-12-5-3-2-4-10-20(12)16-15(17)13(8-9-18-16)11-19-14-6-7-14/h8-9,12,14,19H,2-7,10-11H2,1H3. The third kappa shape index (κ3) is 3.11. The molecule has 1 saturated carbocycles. The number of nitrogens with one attached hydrogen (secondary N) is 1. The zero-order valence-corrected chi connectivity index (χ0v) is 12.2. The van der Waals surface area contributed by atoms with Crippen LogP contribution in [-0.4, -0.2) is 23.6 Å². The van der Waals surface area contributed by atoms with Gasteiger partial charge in [0.25, 0.3) is 0 Å². The first kappa shape index (κ1) is 13.8. The number of pyridine rings is 1. The lowest BCUT2D eigenvalue weighted by Gasteiger charge is -2.29. The van der Waals surface area contributed by atoms with Crippen molar-refractivity contribution in [1.29, 1.82) is 0 Å². The summed E-state index contributed by atoms with van der Waals surface area (Å²) in [5.41, 5.74) is 0.748. The summed E-state index contributed by atoms with van der Waals surface area (Å²) in [5, 5.41) is 3.38. The van der Waals surface area contributed by atoms with Crippen molar-refractivity contribution in [1.82, 2.24) is 10.3 Å². The van der Waals surface area contributed by atoms with E-state index in [4.69, 9.17) is 0 Å². The highest BCUT2D eigenvalue weighted by molar-refractivity contribution is 5.44. The summed E-state index contributed by atoms with van der Waals surface area (Å²) in [5.74, 6) is 0.420. The monoisotopic (exact) mass is 277 g/mol. The molecule has 0 amide bonds. The topological polar surface area (TPSA) is 28.2 Å². The molecule has 0 aromatic carbocycles. The summed E-state index contributed by atoms with van der Waals surface area (Å²) < 4.78 is 14.7. The molecule has 1 atom stereocenters. The van der Waals surface area contributed by atoms with Crippen LogP contribution < -0.4 is 10.2 Å². The van der Waals surface area contributed by atoms with Gasteiger partial charge in [0.1, 0.15) is 0 Å². The van der Waals surface area contributed by atoms with E-state index in [9.17, 15) is 4.39 Å². The Bertz CT molecular complexity index is 459. The summed E-state index contributed by atoms with van der Waals surface area (Å²) in [7, 11) is 0. The van der Waals surface area contributed by atoms with E-state index in [1.807, 2.05) is 0 Å². The fourth-order valence-corrected chi connectivity index (χ4v) is 2.94. The minimum atomic E-state index is -0.130. The Labute approximate surface area is 120 Å². The number of halogens is 1. The van der Waals surface area contributed by atoms with Crippen LogP contribution in [-0.2, 0) is 6.54 Å². The number of hydrogen-bond donors (Lipinski definition) is 1. The van der Waals surface area contributed by atoms with E-state index in [1.165, 1.54) is 25.7 Å². The largest absolute Gasteiger partial charge is 0.351 e. The molecule has 1 aliphatic heterocycles. The summed E-state index contributed by atoms with van der Waals surface area (Å²) in [6.45, 7) is 3.72. The van der Waals surface area contributed by atoms with Crippen LogP contribution in [0.1, 0.15) is 51.0 Å². The van der Waals surface area contributed by atoms with Crippen molar-refractivity contribution in [2.24, 2.45) is 0 Å². The molecular weight excluding hydrogens is 253 g/mol. The lowest BCUT2D eigenvalue weighted by Crippen LogP contribution is -2.34. The fraction of sp³-hybridized carbons (Fsp3) is 0.688. The number of rotatable bonds is 4. The molecule has 1 aromatic heterocycles. The molecule has 2 heterocycles. The van der Waals surface area contributed by atoms with Crippen molar-refractivity contribution >= 4 is 5.82 Å². The van der Waals surface area contributed by atoms with E-state index in [2.05, 4.69) is 22.1 Å². The Balaban J connectivity index is 1.78. The molecule has 1 aromatic rings. The van der Waals surface area contributed by atoms with E-state index >= 15 is 0 Å². The average molecular weight is 277 g/mol. The van der Waals surface area contributed by atoms with Crippen molar-refractivity contribution in [2.45, 2.75) is 64.1 Å². The van der Waals surface area contributed by atoms with Crippen molar-refractivity contribution in [2.75, 3.05) is 11.4 Å². The molecule has 1 unspecified atom stereocenters. The highest BCUT2D eigenvalue weighted by Gasteiger charge is 2.24. The lowest BCUT2D eigenvalue weighted by atomic mass is 10.1. The fourth-order valence-electron chi connectivity index (χ4n) is 2.94. The summed E-state index contributed by atoms with van der Waals surface area (Å²) in [6, 6.07) is 2.78. The van der Waals surface area contributed by atoms with Crippen LogP contribution in [0.25, 0.3) is 0 Å². The Kier molecular flexibility index (Phi) is 4.20. The van der Waals surface area contributed by atoms with E-state index in [0.29, 0.717) is 24.4 Å². The molecule has 110 valence electrons. The van der Waals surface area contributed by atoms with Gasteiger partial charge in [-0.05, 0) is 38.7 Å². The molecular formula is C16H24FN3. The lowest BCUT2D eigenvalue weighted by molar-refractivity contribution is 0.553. The van der Waals surface area contributed by atoms with Gasteiger partial charge in [-0.3, -0.25) is 0 Å². The minimum Gasteiger partial charge on any atom is -0.351 e. The Morgan fingerprint density at radius 2 is 2.15 bits per heavy atom. The second kappa shape index (κ2) is 6.08. The van der Waals surface area contributed by atoms with Gasteiger partial charge >= 0.3 is 0 Å². The maximum absolute atomic E-state index is 14.7. The molecule has 1 aliphatic carbocycles. The second-order valence-corrected chi connectivity index (χ2v) is 6.15. The maximum Gasteiger partial charge on any atom is 0.170 e. The van der Waals surface area contributed by atoms with Gasteiger partial charge < -0.3 is 10.2 Å². The Morgan fingerprint density at radius 1 is 1.30 bits per heavy atom. The van der Waals surface area contributed by atoms with Crippen molar-refractivity contribution in [3.8, 4) is 0 Å². The number of hydrogen-bond acceptors (Lipinski definition) is 3. The predicted octanol–water partition coefficient (Wildman–Crippen LogP) is 3.24. The molecule has 1 N–H and O–H groups in total. The highest BCUT2D eigenvalue weighted by Crippen LogP contribution is 2.27. The zero-order valence-electron chi connectivity index (χ0n) is 12.2. The third-order valence-corrected chi connectivity index (χ3v) is 4.43. The van der Waals surface area contributed by atoms with E-state index in [1.54, 1.807) is 12.3 Å². The number of anilines is 1. The van der Waals surface area contributed by atoms with E-state index in [0.717, 1.165) is 24.9 Å². The van der Waals surface area contributed by atoms with Crippen LogP contribution >= 0.6 is 0 Å². The van der Waals surface area contributed by atoms with Crippen LogP contribution in [0, 0.1) is 5.82 Å². The van der Waals surface area contributed by atoms with Gasteiger partial charge in [-0.25, -0.2) is 9.37 Å². The highest BCUT2D eigenvalue weighted by atomic mass is 19.1. The zero-order chi connectivity index (χ0) is 13.9. The maximum atomic E-state index is 14.7. The second-order valence-electron chi connectivity index (χ2n) is 6.15. The van der Waals surface area contributed by atoms with Gasteiger partial charge in [0.2, 0.25) is 0 Å². The molecule has 0 bridgehead atoms. The third-order valence-electron chi connectivity index (χ3n) is 4.43. The molecule has 2 aliphatic rings. The molecule has 3 rings (SSSR count). The quantitative estimate of drug-likeness (QED) is 0.915. The van der Waals surface area contributed by atoms with Crippen molar-refractivity contribution in [3.63, 3.8) is 0 Å². The SMILES string of the molecule is CC1CCCCCN1c1nccc(CNC2CC2)c1F. The first-order valence-corrected chi connectivity index (χ1v) is 7.89. The van der Waals surface area contributed by atoms with Gasteiger partial charge in [0.05, 0.1) is 0 Å². The molecule has 0 spiro atoms. The van der Waals surface area contributed by atoms with Crippen LogP contribution in [0.5, 0.6) is 0 Å². The number of nitrogens with zero attached hydrogens (tertiary/aromatic N) is 2. The molecule has 3 nitrogen and oxygen atoms in total. The van der Waals surface area contributed by atoms with E-state index < -0.39 is 0 Å². The van der Waals surface area contributed by atoms with Gasteiger partial charge in [0.15, 0.2) is 11.6 Å². The smallest absolute Gasteiger partial charge is 0.170 e. The molecule has 4 heteroatoms. The van der Waals surface area contributed by atoms with Crippen LogP contribution in [0.15, 0.2) is 12.3 Å². The average Bonchev–Trinajstić information content (AvgIpc) is 3.26. The summed E-state index contributed by atoms with van der Waals surface area (Å²) >= 11 is 0. The summed E-state index contributed by atoms with van der Waals surface area (Å²) in [4.78, 5) is 6.48. The molecule has 0 radical (unpaired) electrons. The van der Waals surface area contributed by atoms with Gasteiger partial charge in [0, 0.05) is 36.9 Å². The van der Waals surface area contributed by atoms with Crippen LogP contribution in [0.3, 0.4) is 0 Å². The molecule has 1 saturated heterocycles. The first-order chi connectivity index (χ1) is 9.75. The Hall–Kier alpha value is -1.16. The molecule has 20 heavy (non-hydrogen) atoms. The van der Waals surface area contributed by atoms with Crippen molar-refractivity contribution < 1.29 is 4.39 Å². The molecule has 2 fully saturated rings. The predicted molar refractivity (Wildman–Crippen MR) is 79.3 cm³/mol. The Morgan fingerprint density at radius 3 is 2.95 bits per heavy atom. The van der Waals surface area contributed by atoms with Gasteiger partial charge in [-0.2, -0.15) is 0 Å². The van der Waals surface area contributed by atoms with Crippen LogP contribution in [0.2, 0.25) is 0 Å². The first-order valence-electron chi connectivity index (χ1n) is 7.89. The van der Waals surface area contributed by atoms with Gasteiger partial charge in [-0.15, -0.1) is 0 Å². The summed E-state index contributed by atoms with van der Waals surface area (Å²) in [6.07, 6.45) is 8.95. The van der Waals surface area contributed by atoms with Crippen LogP contribution in [0.4, 0.5) is 10.2 Å². The number of aromatic nitrogens is 1. The normalized spacial score (nSPS) is 23.7. The van der Waals surface area contributed by atoms with E-state index in [-0.39, 0.29) is 5.82 Å². The van der Waals surface area contributed by atoms with Gasteiger partial charge in [-0.1, -0.05) is 12.8 Å². The minimum absolute atomic E-state index is 0.130.